The van der Waals surface area contributed by atoms with E-state index >= 15 is 0 Å². The van der Waals surface area contributed by atoms with Gasteiger partial charge >= 0.3 is 0 Å². The number of rotatable bonds is 6. The summed E-state index contributed by atoms with van der Waals surface area (Å²) in [6.45, 7) is 3.56. The second kappa shape index (κ2) is 9.44. The lowest BCUT2D eigenvalue weighted by Crippen LogP contribution is -2.52. The number of carbonyl (C=O) groups excluding carboxylic acids is 2. The van der Waals surface area contributed by atoms with E-state index in [4.69, 9.17) is 11.6 Å². The van der Waals surface area contributed by atoms with Crippen molar-refractivity contribution in [2.45, 2.75) is 37.8 Å². The number of para-hydroxylation sites is 2. The quantitative estimate of drug-likeness (QED) is 0.540. The Kier molecular flexibility index (Phi) is 6.58. The first-order valence-electron chi connectivity index (χ1n) is 10.5. The van der Waals surface area contributed by atoms with Gasteiger partial charge in [0.25, 0.3) is 10.0 Å². The number of amides is 2. The summed E-state index contributed by atoms with van der Waals surface area (Å²) in [6, 6.07) is 11.9. The van der Waals surface area contributed by atoms with Crippen LogP contribution in [0.1, 0.15) is 23.1 Å². The van der Waals surface area contributed by atoms with Crippen molar-refractivity contribution < 1.29 is 18.0 Å². The van der Waals surface area contributed by atoms with Crippen molar-refractivity contribution in [1.82, 2.24) is 10.3 Å². The second-order valence-electron chi connectivity index (χ2n) is 8.03. The van der Waals surface area contributed by atoms with E-state index in [9.17, 15) is 18.0 Å². The smallest absolute Gasteiger partial charge is 0.265 e. The Morgan fingerprint density at radius 2 is 1.91 bits per heavy atom. The van der Waals surface area contributed by atoms with Gasteiger partial charge in [-0.25, -0.2) is 8.42 Å². The molecule has 34 heavy (non-hydrogen) atoms. The van der Waals surface area contributed by atoms with Gasteiger partial charge in [-0.1, -0.05) is 29.8 Å². The van der Waals surface area contributed by atoms with Crippen molar-refractivity contribution in [1.29, 1.82) is 0 Å². The first-order chi connectivity index (χ1) is 16.2. The summed E-state index contributed by atoms with van der Waals surface area (Å²) in [6.07, 6.45) is 2.88. The third kappa shape index (κ3) is 4.62. The van der Waals surface area contributed by atoms with Crippen molar-refractivity contribution >= 4 is 44.8 Å². The van der Waals surface area contributed by atoms with Gasteiger partial charge in [-0.3, -0.25) is 18.9 Å². The molecule has 1 aliphatic heterocycles. The van der Waals surface area contributed by atoms with Crippen LogP contribution < -0.4 is 14.9 Å². The van der Waals surface area contributed by atoms with Gasteiger partial charge in [-0.15, -0.1) is 0 Å². The second-order valence-corrected chi connectivity index (χ2v) is 10.2. The van der Waals surface area contributed by atoms with Crippen molar-refractivity contribution in [3.05, 3.63) is 82.6 Å². The number of carbonyl (C=O) groups is 2. The number of fused-ring (bicyclic) bond motifs is 1. The SMILES string of the molecule is Cc1cc(S(=O)(=O)N2c3ccccc3NC(=O)[C@H]2CC(=O)NCc2cccnc2)c(C)cc1Cl. The van der Waals surface area contributed by atoms with E-state index in [1.807, 2.05) is 0 Å². The third-order valence-corrected chi connectivity index (χ3v) is 7.94. The monoisotopic (exact) mass is 498 g/mol. The van der Waals surface area contributed by atoms with Gasteiger partial charge in [0.05, 0.1) is 22.7 Å². The van der Waals surface area contributed by atoms with E-state index in [1.165, 1.54) is 6.07 Å². The molecule has 4 rings (SSSR count). The standard InChI is InChI=1S/C24H23ClN4O4S/c1-15-11-22(16(2)10-18(15)25)34(32,33)29-20-8-4-3-7-19(20)28-24(31)21(29)12-23(30)27-14-17-6-5-9-26-13-17/h3-11,13,21H,12,14H2,1-2H3,(H,27,30)(H,28,31)/t21-/m1/s1. The highest BCUT2D eigenvalue weighted by Crippen LogP contribution is 2.38. The number of aromatic nitrogens is 1. The Bertz CT molecular complexity index is 1360. The summed E-state index contributed by atoms with van der Waals surface area (Å²) in [4.78, 5) is 29.8. The molecule has 0 bridgehead atoms. The molecule has 0 fully saturated rings. The molecular weight excluding hydrogens is 476 g/mol. The normalized spacial score (nSPS) is 15.4. The van der Waals surface area contributed by atoms with Crippen molar-refractivity contribution in [3.63, 3.8) is 0 Å². The average molecular weight is 499 g/mol. The summed E-state index contributed by atoms with van der Waals surface area (Å²) >= 11 is 6.18. The molecule has 1 atom stereocenters. The summed E-state index contributed by atoms with van der Waals surface area (Å²) < 4.78 is 28.9. The molecule has 0 saturated heterocycles. The Morgan fingerprint density at radius 1 is 1.15 bits per heavy atom. The lowest BCUT2D eigenvalue weighted by atomic mass is 10.1. The Hall–Kier alpha value is -3.43. The number of nitrogens with zero attached hydrogens (tertiary/aromatic N) is 2. The van der Waals surface area contributed by atoms with E-state index < -0.39 is 27.9 Å². The summed E-state index contributed by atoms with van der Waals surface area (Å²) in [7, 11) is -4.22. The van der Waals surface area contributed by atoms with Crippen LogP contribution in [0, 0.1) is 13.8 Å². The van der Waals surface area contributed by atoms with E-state index in [0.29, 0.717) is 27.5 Å². The van der Waals surface area contributed by atoms with Crippen LogP contribution in [0.5, 0.6) is 0 Å². The third-order valence-electron chi connectivity index (χ3n) is 5.57. The minimum atomic E-state index is -4.22. The van der Waals surface area contributed by atoms with Crippen LogP contribution in [-0.2, 0) is 26.2 Å². The van der Waals surface area contributed by atoms with Gasteiger partial charge in [0.2, 0.25) is 11.8 Å². The number of benzene rings is 2. The first-order valence-corrected chi connectivity index (χ1v) is 12.4. The number of halogens is 1. The molecule has 3 aromatic rings. The number of hydrogen-bond donors (Lipinski definition) is 2. The average Bonchev–Trinajstić information content (AvgIpc) is 2.81. The van der Waals surface area contributed by atoms with E-state index in [0.717, 1.165) is 9.87 Å². The van der Waals surface area contributed by atoms with Crippen LogP contribution in [-0.4, -0.2) is 31.3 Å². The maximum Gasteiger partial charge on any atom is 0.265 e. The first kappa shape index (κ1) is 23.7. The molecule has 176 valence electrons. The largest absolute Gasteiger partial charge is 0.352 e. The van der Waals surface area contributed by atoms with E-state index in [1.54, 1.807) is 68.7 Å². The van der Waals surface area contributed by atoms with Crippen LogP contribution >= 0.6 is 11.6 Å². The molecule has 0 unspecified atom stereocenters. The van der Waals surface area contributed by atoms with Gasteiger partial charge in [-0.05, 0) is 60.9 Å². The minimum absolute atomic E-state index is 0.0275. The molecule has 8 nitrogen and oxygen atoms in total. The van der Waals surface area contributed by atoms with Crippen molar-refractivity contribution in [2.75, 3.05) is 9.62 Å². The zero-order valence-electron chi connectivity index (χ0n) is 18.6. The van der Waals surface area contributed by atoms with E-state index in [2.05, 4.69) is 15.6 Å². The minimum Gasteiger partial charge on any atom is -0.352 e. The Labute approximate surface area is 203 Å². The highest BCUT2D eigenvalue weighted by atomic mass is 35.5. The summed E-state index contributed by atoms with van der Waals surface area (Å²) in [5.41, 5.74) is 2.46. The fourth-order valence-corrected chi connectivity index (χ4v) is 5.97. The van der Waals surface area contributed by atoms with Crippen LogP contribution in [0.3, 0.4) is 0 Å². The molecule has 2 aromatic carbocycles. The Morgan fingerprint density at radius 3 is 2.65 bits per heavy atom. The maximum atomic E-state index is 13.9. The lowest BCUT2D eigenvalue weighted by molar-refractivity contribution is -0.125. The Balaban J connectivity index is 1.71. The number of sulfonamides is 1. The topological polar surface area (TPSA) is 108 Å². The van der Waals surface area contributed by atoms with Crippen LogP contribution in [0.25, 0.3) is 0 Å². The zero-order valence-corrected chi connectivity index (χ0v) is 20.2. The molecule has 2 amide bonds. The number of nitrogens with one attached hydrogen (secondary N) is 2. The molecule has 0 radical (unpaired) electrons. The maximum absolute atomic E-state index is 13.9. The van der Waals surface area contributed by atoms with Crippen molar-refractivity contribution in [3.8, 4) is 0 Å². The molecule has 2 heterocycles. The molecular formula is C24H23ClN4O4S. The van der Waals surface area contributed by atoms with Crippen molar-refractivity contribution in [2.24, 2.45) is 0 Å². The number of aryl methyl sites for hydroxylation is 2. The fourth-order valence-electron chi connectivity index (χ4n) is 3.82. The van der Waals surface area contributed by atoms with Gasteiger partial charge in [-0.2, -0.15) is 0 Å². The van der Waals surface area contributed by atoms with Gasteiger partial charge in [0.1, 0.15) is 6.04 Å². The summed E-state index contributed by atoms with van der Waals surface area (Å²) in [5, 5.41) is 5.90. The fraction of sp³-hybridized carbons (Fsp3) is 0.208. The molecule has 2 N–H and O–H groups in total. The van der Waals surface area contributed by atoms with E-state index in [-0.39, 0.29) is 17.9 Å². The highest BCUT2D eigenvalue weighted by molar-refractivity contribution is 7.93. The van der Waals surface area contributed by atoms with Gasteiger partial charge < -0.3 is 10.6 Å². The van der Waals surface area contributed by atoms with Crippen LogP contribution in [0.4, 0.5) is 11.4 Å². The number of anilines is 2. The zero-order chi connectivity index (χ0) is 24.5. The predicted octanol–water partition coefficient (Wildman–Crippen LogP) is 3.57. The molecule has 0 saturated carbocycles. The molecule has 1 aromatic heterocycles. The molecule has 1 aliphatic rings. The highest BCUT2D eigenvalue weighted by Gasteiger charge is 2.42. The van der Waals surface area contributed by atoms with Crippen LogP contribution in [0.15, 0.2) is 65.8 Å². The molecule has 0 aliphatic carbocycles. The van der Waals surface area contributed by atoms with Crippen LogP contribution in [0.2, 0.25) is 5.02 Å². The predicted molar refractivity (Wildman–Crippen MR) is 130 cm³/mol. The van der Waals surface area contributed by atoms with Gasteiger partial charge in [0, 0.05) is 24.0 Å². The number of pyridine rings is 1. The number of hydrogen-bond acceptors (Lipinski definition) is 5. The molecule has 10 heteroatoms. The molecule has 0 spiro atoms. The van der Waals surface area contributed by atoms with Gasteiger partial charge in [0.15, 0.2) is 0 Å². The summed E-state index contributed by atoms with van der Waals surface area (Å²) in [5.74, 6) is -1.05. The lowest BCUT2D eigenvalue weighted by Gasteiger charge is -2.37.